The Morgan fingerprint density at radius 3 is 1.98 bits per heavy atom. The molecule has 2 saturated heterocycles. The van der Waals surface area contributed by atoms with Crippen LogP contribution in [0.4, 0.5) is 5.95 Å². The van der Waals surface area contributed by atoms with Crippen LogP contribution in [0.25, 0.3) is 11.2 Å². The summed E-state index contributed by atoms with van der Waals surface area (Å²) in [6.45, 7) is 25.9. The molecule has 2 fully saturated rings. The van der Waals surface area contributed by atoms with E-state index >= 15 is 0 Å². The maximum Gasteiger partial charge on any atom is 0.335 e. The van der Waals surface area contributed by atoms with Crippen molar-refractivity contribution < 1.29 is 36.4 Å². The molecule has 0 bridgehead atoms. The highest BCUT2D eigenvalue weighted by molar-refractivity contribution is 7.00. The molecule has 0 spiro atoms. The number of nitrogens with zero attached hydrogens (tertiary/aromatic N) is 4. The molecule has 4 aromatic rings. The zero-order chi connectivity index (χ0) is 42.2. The molecular weight excluding hydrogens is 787 g/mol. The Morgan fingerprint density at radius 2 is 1.47 bits per heavy atom. The summed E-state index contributed by atoms with van der Waals surface area (Å²) in [5, 5.41) is 1.79. The van der Waals surface area contributed by atoms with Crippen molar-refractivity contribution in [2.45, 2.75) is 135 Å². The van der Waals surface area contributed by atoms with Crippen LogP contribution in [-0.2, 0) is 32.0 Å². The van der Waals surface area contributed by atoms with Crippen molar-refractivity contribution in [2.24, 2.45) is 0 Å². The van der Waals surface area contributed by atoms with Gasteiger partial charge in [0.15, 0.2) is 17.4 Å². The third kappa shape index (κ3) is 7.93. The van der Waals surface area contributed by atoms with Crippen LogP contribution >= 0.6 is 0 Å². The highest BCUT2D eigenvalue weighted by Gasteiger charge is 2.62. The number of rotatable bonds is 13. The number of esters is 1. The number of carbonyl (C=O) groups excluding carboxylic acids is 1. The minimum absolute atomic E-state index is 0.0128. The molecule has 2 aliphatic heterocycles. The van der Waals surface area contributed by atoms with Gasteiger partial charge in [0, 0.05) is 0 Å². The van der Waals surface area contributed by atoms with Gasteiger partial charge in [0.05, 0.1) is 19.5 Å². The first kappa shape index (κ1) is 44.1. The molecule has 0 aliphatic carbocycles. The normalized spacial score (nSPS) is 22.3. The first-order chi connectivity index (χ1) is 27.4. The average Bonchev–Trinajstić information content (AvgIpc) is 3.73. The molecule has 0 radical (unpaired) electrons. The van der Waals surface area contributed by atoms with Crippen molar-refractivity contribution in [3.8, 4) is 5.88 Å². The van der Waals surface area contributed by atoms with Gasteiger partial charge in [-0.15, -0.1) is 0 Å². The van der Waals surface area contributed by atoms with Crippen molar-refractivity contribution in [2.75, 3.05) is 25.6 Å². The molecule has 4 atom stereocenters. The van der Waals surface area contributed by atoms with Crippen molar-refractivity contribution in [1.82, 2.24) is 19.5 Å². The minimum Gasteiger partial charge on any atom is -0.519 e. The van der Waals surface area contributed by atoms with Crippen LogP contribution in [0, 0.1) is 0 Å². The van der Waals surface area contributed by atoms with Crippen molar-refractivity contribution in [1.29, 1.82) is 0 Å². The van der Waals surface area contributed by atoms with E-state index < -0.39 is 55.9 Å². The summed E-state index contributed by atoms with van der Waals surface area (Å²) in [6, 6.07) is 20.6. The van der Waals surface area contributed by atoms with E-state index in [1.54, 1.807) is 17.8 Å². The first-order valence-corrected chi connectivity index (χ1v) is 26.5. The van der Waals surface area contributed by atoms with E-state index in [0.717, 1.165) is 10.4 Å². The summed E-state index contributed by atoms with van der Waals surface area (Å²) in [4.78, 5) is 27.2. The molecule has 2 aromatic carbocycles. The van der Waals surface area contributed by atoms with Gasteiger partial charge in [0.1, 0.15) is 24.9 Å². The molecule has 16 heteroatoms. The molecule has 0 saturated carbocycles. The lowest BCUT2D eigenvalue weighted by Crippen LogP contribution is -2.69. The monoisotopic (exact) mass is 849 g/mol. The lowest BCUT2D eigenvalue weighted by Gasteiger charge is -2.51. The molecule has 6 rings (SSSR count). The highest BCUT2D eigenvalue weighted by Crippen LogP contribution is 2.49. The number of aromatic nitrogens is 4. The fourth-order valence-corrected chi connectivity index (χ4v) is 24.4. The minimum atomic E-state index is -3.15. The number of benzene rings is 2. The van der Waals surface area contributed by atoms with E-state index in [2.05, 4.69) is 100 Å². The summed E-state index contributed by atoms with van der Waals surface area (Å²) in [5.74, 6) is -0.209. The Balaban J connectivity index is 1.50. The molecule has 13 nitrogen and oxygen atoms in total. The quantitative estimate of drug-likeness (QED) is 0.108. The largest absolute Gasteiger partial charge is 0.519 e. The van der Waals surface area contributed by atoms with Crippen LogP contribution in [0.5, 0.6) is 5.88 Å². The Morgan fingerprint density at radius 1 is 0.897 bits per heavy atom. The second-order valence-corrected chi connectivity index (χ2v) is 30.7. The van der Waals surface area contributed by atoms with E-state index in [-0.39, 0.29) is 58.9 Å². The predicted octanol–water partition coefficient (Wildman–Crippen LogP) is 7.15. The number of hydrogen-bond acceptors (Lipinski definition) is 12. The van der Waals surface area contributed by atoms with Gasteiger partial charge in [-0.2, -0.15) is 9.97 Å². The number of nitrogen functional groups attached to an aromatic ring is 1. The first-order valence-electron chi connectivity index (χ1n) is 20.7. The zero-order valence-electron chi connectivity index (χ0n) is 36.2. The van der Waals surface area contributed by atoms with Crippen molar-refractivity contribution >= 4 is 58.9 Å². The van der Waals surface area contributed by atoms with E-state index in [0.29, 0.717) is 11.2 Å². The molecular formula is C42H63N5O8Si3. The Kier molecular flexibility index (Phi) is 13.1. The number of nitrogens with two attached hydrogens (primary N) is 1. The van der Waals surface area contributed by atoms with Crippen LogP contribution in [0.2, 0.25) is 27.2 Å². The summed E-state index contributed by atoms with van der Waals surface area (Å²) >= 11 is 0. The van der Waals surface area contributed by atoms with Gasteiger partial charge in [-0.25, -0.2) is 9.78 Å². The number of ether oxygens (including phenoxy) is 3. The van der Waals surface area contributed by atoms with Crippen LogP contribution in [0.1, 0.15) is 89.3 Å². The SMILES string of the molecule is CCOC(=O)CO[C@@H]1[C@@H]2O[Si](C(C)C)(C(C)C)O[Si](C(C)C)(C(C)C)OC[C@H]2O[C@H]1n1cnc2c(O[Si](c3ccccc3)(c3ccccc3)C(C)(C)C)nc(N)nc21. The van der Waals surface area contributed by atoms with Crippen molar-refractivity contribution in [3.05, 3.63) is 67.0 Å². The summed E-state index contributed by atoms with van der Waals surface area (Å²) in [7, 11) is -9.13. The van der Waals surface area contributed by atoms with Gasteiger partial charge in [-0.05, 0) is 44.5 Å². The second-order valence-electron chi connectivity index (χ2n) is 17.7. The molecule has 316 valence electrons. The van der Waals surface area contributed by atoms with Gasteiger partial charge in [0.25, 0.3) is 0 Å². The Labute approximate surface area is 346 Å². The zero-order valence-corrected chi connectivity index (χ0v) is 39.2. The van der Waals surface area contributed by atoms with E-state index in [9.17, 15) is 4.79 Å². The fourth-order valence-electron chi connectivity index (χ4n) is 8.85. The van der Waals surface area contributed by atoms with Crippen LogP contribution < -0.4 is 20.5 Å². The second kappa shape index (κ2) is 17.2. The van der Waals surface area contributed by atoms with Crippen LogP contribution in [0.15, 0.2) is 67.0 Å². The van der Waals surface area contributed by atoms with Crippen LogP contribution in [0.3, 0.4) is 0 Å². The standard InChI is InChI=1S/C42H63N5O8Si3/c1-13-49-34(48)25-50-37-36-33(24-51-57(27(2)3,28(4)5)55-58(53-36,29(6)7)30(8)9)52-40(37)47-26-44-35-38(47)45-41(43)46-39(35)54-56(42(10,11)12,31-20-16-14-17-21-31)32-22-18-15-19-23-32/h14-23,26-30,33,36-37,40H,13,24-25H2,1-12H3,(H2,43,45,46)/t33-,36-,37-,40-/m1/s1. The van der Waals surface area contributed by atoms with E-state index in [4.69, 9.17) is 52.3 Å². The Hall–Kier alpha value is -3.49. The van der Waals surface area contributed by atoms with Crippen LogP contribution in [-0.4, -0.2) is 89.1 Å². The number of fused-ring (bicyclic) bond motifs is 2. The maximum atomic E-state index is 12.9. The smallest absolute Gasteiger partial charge is 0.335 e. The molecule has 0 unspecified atom stereocenters. The third-order valence-corrected chi connectivity index (χ3v) is 26.8. The van der Waals surface area contributed by atoms with Gasteiger partial charge in [-0.1, -0.05) is 137 Å². The molecule has 58 heavy (non-hydrogen) atoms. The topological polar surface area (TPSA) is 151 Å². The maximum absolute atomic E-state index is 12.9. The number of anilines is 1. The average molecular weight is 850 g/mol. The van der Waals surface area contributed by atoms with Gasteiger partial charge in [-0.3, -0.25) is 4.57 Å². The van der Waals surface area contributed by atoms with Crippen molar-refractivity contribution in [3.63, 3.8) is 0 Å². The van der Waals surface area contributed by atoms with E-state index in [1.807, 2.05) is 36.4 Å². The number of hydrogen-bond donors (Lipinski definition) is 1. The van der Waals surface area contributed by atoms with Gasteiger partial charge >= 0.3 is 31.4 Å². The summed E-state index contributed by atoms with van der Waals surface area (Å²) in [5.41, 5.74) is 7.79. The van der Waals surface area contributed by atoms with Gasteiger partial charge < -0.3 is 37.3 Å². The number of imidazole rings is 1. The van der Waals surface area contributed by atoms with E-state index in [1.165, 1.54) is 0 Å². The predicted molar refractivity (Wildman–Crippen MR) is 232 cm³/mol. The molecule has 0 amide bonds. The number of carbonyl (C=O) groups is 1. The Bertz CT molecular complexity index is 1950. The summed E-state index contributed by atoms with van der Waals surface area (Å²) < 4.78 is 49.9. The van der Waals surface area contributed by atoms with Gasteiger partial charge in [0.2, 0.25) is 11.8 Å². The molecule has 2 aliphatic rings. The molecule has 2 N–H and O–H groups in total. The lowest BCUT2D eigenvalue weighted by molar-refractivity contribution is -0.154. The fraction of sp³-hybridized carbons (Fsp3) is 0.571. The third-order valence-electron chi connectivity index (χ3n) is 11.7. The lowest BCUT2D eigenvalue weighted by atomic mass is 10.1. The molecule has 4 heterocycles. The molecule has 2 aromatic heterocycles. The summed E-state index contributed by atoms with van der Waals surface area (Å²) in [6.07, 6.45) is -1.25. The highest BCUT2D eigenvalue weighted by atomic mass is 28.5.